The maximum Gasteiger partial charge on any atom is 0.159 e. The van der Waals surface area contributed by atoms with E-state index < -0.39 is 34.4 Å². The van der Waals surface area contributed by atoms with Gasteiger partial charge in [0, 0.05) is 23.9 Å². The zero-order valence-corrected chi connectivity index (χ0v) is 30.3. The molecule has 49 heavy (non-hydrogen) atoms. The van der Waals surface area contributed by atoms with Gasteiger partial charge in [0.05, 0.1) is 29.5 Å². The van der Waals surface area contributed by atoms with Crippen molar-refractivity contribution in [2.24, 2.45) is 46.3 Å². The second-order valence-electron chi connectivity index (χ2n) is 18.2. The maximum absolute atomic E-state index is 14.5. The molecule has 7 aliphatic rings. The Kier molecular flexibility index (Phi) is 8.47. The molecule has 5 fully saturated rings. The third-order valence-electron chi connectivity index (χ3n) is 16.1. The molecule has 1 saturated heterocycles. The molecule has 6 heteroatoms. The van der Waals surface area contributed by atoms with Crippen molar-refractivity contribution in [3.63, 3.8) is 0 Å². The summed E-state index contributed by atoms with van der Waals surface area (Å²) in [5.74, 6) is 0.752. The number of rotatable bonds is 5. The van der Waals surface area contributed by atoms with Crippen molar-refractivity contribution in [3.05, 3.63) is 59.7 Å². The summed E-state index contributed by atoms with van der Waals surface area (Å²) in [6, 6.07) is 10.5. The van der Waals surface area contributed by atoms with E-state index in [1.165, 1.54) is 12.0 Å². The predicted octanol–water partition coefficient (Wildman–Crippen LogP) is 7.31. The summed E-state index contributed by atoms with van der Waals surface area (Å²) in [4.78, 5) is 14.5. The second kappa shape index (κ2) is 12.1. The van der Waals surface area contributed by atoms with Gasteiger partial charge in [0.2, 0.25) is 0 Å². The number of allylic oxidation sites excluding steroid dienone is 1. The van der Waals surface area contributed by atoms with Crippen LogP contribution in [-0.4, -0.2) is 63.3 Å². The fraction of sp³-hybridized carbons (Fsp3) is 0.744. The van der Waals surface area contributed by atoms with E-state index in [1.807, 2.05) is 19.1 Å². The van der Waals surface area contributed by atoms with E-state index in [0.717, 1.165) is 56.9 Å². The molecule has 0 amide bonds. The quantitative estimate of drug-likeness (QED) is 0.284. The highest BCUT2D eigenvalue weighted by molar-refractivity contribution is 5.95. The van der Waals surface area contributed by atoms with Crippen molar-refractivity contribution < 1.29 is 29.6 Å². The SMILES string of the molecule is CC1COC(C(O)C(C)(O)C2CCC3(O)C4=CC(=O)C5CC6(C=CC(c7ccccc7)CO6)CCC5(C)C4CCC23C2CCCCC2)C1C. The molecule has 3 N–H and O–H groups in total. The van der Waals surface area contributed by atoms with Gasteiger partial charge in [-0.1, -0.05) is 82.5 Å². The molecule has 4 saturated carbocycles. The Balaban J connectivity index is 1.12. The first-order chi connectivity index (χ1) is 23.4. The van der Waals surface area contributed by atoms with Gasteiger partial charge in [0.25, 0.3) is 0 Å². The molecule has 1 aromatic carbocycles. The molecular weight excluding hydrogens is 612 g/mol. The molecule has 1 aromatic rings. The minimum atomic E-state index is -1.43. The van der Waals surface area contributed by atoms with Crippen molar-refractivity contribution in [1.29, 1.82) is 0 Å². The van der Waals surface area contributed by atoms with Gasteiger partial charge in [0.15, 0.2) is 5.78 Å². The number of hydrogen-bond acceptors (Lipinski definition) is 6. The molecular formula is C43H60O6. The van der Waals surface area contributed by atoms with Crippen molar-refractivity contribution in [2.75, 3.05) is 13.2 Å². The van der Waals surface area contributed by atoms with Crippen LogP contribution in [0.4, 0.5) is 0 Å². The van der Waals surface area contributed by atoms with Gasteiger partial charge in [-0.2, -0.15) is 0 Å². The van der Waals surface area contributed by atoms with Crippen LogP contribution in [-0.2, 0) is 14.3 Å². The van der Waals surface area contributed by atoms with E-state index in [-0.39, 0.29) is 46.7 Å². The number of carbonyl (C=O) groups excluding carboxylic acids is 1. The van der Waals surface area contributed by atoms with E-state index in [9.17, 15) is 20.1 Å². The van der Waals surface area contributed by atoms with Crippen molar-refractivity contribution in [3.8, 4) is 0 Å². The Labute approximate surface area is 293 Å². The molecule has 1 spiro atoms. The molecule has 0 bridgehead atoms. The number of carbonyl (C=O) groups is 1. The number of ether oxygens (including phenoxy) is 2. The first-order valence-corrected chi connectivity index (χ1v) is 19.7. The van der Waals surface area contributed by atoms with Gasteiger partial charge >= 0.3 is 0 Å². The highest BCUT2D eigenvalue weighted by atomic mass is 16.5. The monoisotopic (exact) mass is 672 g/mol. The molecule has 2 heterocycles. The van der Waals surface area contributed by atoms with Crippen LogP contribution in [0, 0.1) is 46.3 Å². The Morgan fingerprint density at radius 3 is 2.37 bits per heavy atom. The van der Waals surface area contributed by atoms with Crippen LogP contribution in [0.15, 0.2) is 54.1 Å². The van der Waals surface area contributed by atoms with Gasteiger partial charge in [0.1, 0.15) is 6.10 Å². The molecule has 0 aromatic heterocycles. The van der Waals surface area contributed by atoms with Gasteiger partial charge in [-0.3, -0.25) is 4.79 Å². The summed E-state index contributed by atoms with van der Waals surface area (Å²) in [5, 5.41) is 37.9. The average Bonchev–Trinajstić information content (AvgIpc) is 3.63. The predicted molar refractivity (Wildman–Crippen MR) is 190 cm³/mol. The van der Waals surface area contributed by atoms with E-state index >= 15 is 0 Å². The van der Waals surface area contributed by atoms with Gasteiger partial charge < -0.3 is 24.8 Å². The Hall–Kier alpha value is -1.83. The first-order valence-electron chi connectivity index (χ1n) is 19.7. The van der Waals surface area contributed by atoms with Gasteiger partial charge in [-0.15, -0.1) is 0 Å². The fourth-order valence-corrected chi connectivity index (χ4v) is 13.0. The summed E-state index contributed by atoms with van der Waals surface area (Å²) in [7, 11) is 0. The number of aliphatic hydroxyl groups excluding tert-OH is 1. The lowest BCUT2D eigenvalue weighted by Gasteiger charge is -2.64. The van der Waals surface area contributed by atoms with Crippen molar-refractivity contribution in [1.82, 2.24) is 0 Å². The molecule has 2 aliphatic heterocycles. The van der Waals surface area contributed by atoms with Crippen molar-refractivity contribution >= 4 is 5.78 Å². The summed E-state index contributed by atoms with van der Waals surface area (Å²) in [5.41, 5.74) is -1.66. The molecule has 13 atom stereocenters. The highest BCUT2D eigenvalue weighted by Gasteiger charge is 2.73. The standard InChI is InChI=1S/C43H60O6/c1-27-25-48-37(28(27)2)38(45)40(4,46)36-17-20-43(47)33-23-35(44)34-24-41(18-15-30(26-49-41)29-11-7-5-8-12-29)22-21-39(34,3)32(33)16-19-42(36,43)31-13-9-6-10-14-31/h5,7-8,11-12,15,18,23,27-28,30-32,34,36-38,45-47H,6,9-10,13-14,16-17,19-22,24-26H2,1-4H3. The smallest absolute Gasteiger partial charge is 0.159 e. The normalized spacial score (nSPS) is 47.2. The lowest BCUT2D eigenvalue weighted by atomic mass is 9.42. The first kappa shape index (κ1) is 34.3. The summed E-state index contributed by atoms with van der Waals surface area (Å²) in [6.07, 6.45) is 15.8. The Morgan fingerprint density at radius 2 is 1.69 bits per heavy atom. The van der Waals surface area contributed by atoms with Crippen LogP contribution in [0.5, 0.6) is 0 Å². The topological polar surface area (TPSA) is 96.2 Å². The number of ketones is 1. The second-order valence-corrected chi connectivity index (χ2v) is 18.2. The van der Waals surface area contributed by atoms with Crippen LogP contribution in [0.3, 0.4) is 0 Å². The van der Waals surface area contributed by atoms with E-state index in [2.05, 4.69) is 57.2 Å². The third-order valence-corrected chi connectivity index (χ3v) is 16.1. The lowest BCUT2D eigenvalue weighted by molar-refractivity contribution is -0.215. The maximum atomic E-state index is 14.5. The average molecular weight is 673 g/mol. The summed E-state index contributed by atoms with van der Waals surface area (Å²) < 4.78 is 12.8. The van der Waals surface area contributed by atoms with Crippen LogP contribution in [0.25, 0.3) is 0 Å². The highest BCUT2D eigenvalue weighted by Crippen LogP contribution is 2.72. The third kappa shape index (κ3) is 5.00. The zero-order valence-electron chi connectivity index (χ0n) is 30.3. The minimum Gasteiger partial charge on any atom is -0.387 e. The van der Waals surface area contributed by atoms with Crippen LogP contribution >= 0.6 is 0 Å². The van der Waals surface area contributed by atoms with E-state index in [1.54, 1.807) is 0 Å². The lowest BCUT2D eigenvalue weighted by Crippen LogP contribution is -2.66. The van der Waals surface area contributed by atoms with Crippen molar-refractivity contribution in [2.45, 2.75) is 140 Å². The molecule has 6 nitrogen and oxygen atoms in total. The van der Waals surface area contributed by atoms with E-state index in [0.29, 0.717) is 38.4 Å². The van der Waals surface area contributed by atoms with Crippen LogP contribution in [0.1, 0.15) is 116 Å². The minimum absolute atomic E-state index is 0.117. The molecule has 0 radical (unpaired) electrons. The fourth-order valence-electron chi connectivity index (χ4n) is 13.0. The zero-order chi connectivity index (χ0) is 34.4. The van der Waals surface area contributed by atoms with Crippen LogP contribution in [0.2, 0.25) is 0 Å². The summed E-state index contributed by atoms with van der Waals surface area (Å²) in [6.45, 7) is 9.63. The number of benzene rings is 1. The summed E-state index contributed by atoms with van der Waals surface area (Å²) >= 11 is 0. The molecule has 8 rings (SSSR count). The molecule has 5 aliphatic carbocycles. The number of hydrogen-bond donors (Lipinski definition) is 3. The number of fused-ring (bicyclic) bond motifs is 5. The number of aliphatic hydroxyl groups is 3. The Bertz CT molecular complexity index is 1480. The van der Waals surface area contributed by atoms with Crippen LogP contribution < -0.4 is 0 Å². The molecule has 268 valence electrons. The molecule has 13 unspecified atom stereocenters. The van der Waals surface area contributed by atoms with E-state index in [4.69, 9.17) is 9.47 Å². The Morgan fingerprint density at radius 1 is 0.939 bits per heavy atom. The van der Waals surface area contributed by atoms with Gasteiger partial charge in [-0.25, -0.2) is 0 Å². The largest absolute Gasteiger partial charge is 0.387 e. The van der Waals surface area contributed by atoms with Gasteiger partial charge in [-0.05, 0) is 117 Å².